The van der Waals surface area contributed by atoms with Crippen LogP contribution in [0.2, 0.25) is 0 Å². The normalized spacial score (nSPS) is 22.4. The maximum Gasteiger partial charge on any atom is 0.122 e. The largest absolute Gasteiger partial charge is 0.362 e. The lowest BCUT2D eigenvalue weighted by molar-refractivity contribution is -0.155. The Morgan fingerprint density at radius 3 is 2.33 bits per heavy atom. The van der Waals surface area contributed by atoms with E-state index < -0.39 is 0 Å². The molecule has 0 aliphatic carbocycles. The van der Waals surface area contributed by atoms with E-state index in [-0.39, 0.29) is 12.3 Å². The first-order valence-corrected chi connectivity index (χ1v) is 4.01. The Hall–Kier alpha value is -0.640. The molecule has 3 nitrogen and oxygen atoms in total. The summed E-state index contributed by atoms with van der Waals surface area (Å²) in [5.41, 5.74) is -0.316. The number of hydrogen-bond acceptors (Lipinski definition) is 3. The van der Waals surface area contributed by atoms with Crippen LogP contribution in [0.1, 0.15) is 12.8 Å². The Morgan fingerprint density at radius 2 is 2.00 bits per heavy atom. The Kier molecular flexibility index (Phi) is 3.03. The minimum Gasteiger partial charge on any atom is -0.362 e. The lowest BCUT2D eigenvalue weighted by atomic mass is 9.93. The van der Waals surface area contributed by atoms with Gasteiger partial charge in [0, 0.05) is 0 Å². The van der Waals surface area contributed by atoms with Crippen molar-refractivity contribution >= 4 is 0 Å². The van der Waals surface area contributed by atoms with Gasteiger partial charge in [-0.3, -0.25) is 0 Å². The van der Waals surface area contributed by atoms with Gasteiger partial charge in [-0.05, 0) is 12.8 Å². The Bertz CT molecular complexity index is 169. The molecule has 1 fully saturated rings. The highest BCUT2D eigenvalue weighted by atomic mass is 16.6. The van der Waals surface area contributed by atoms with Crippen molar-refractivity contribution in [3.63, 3.8) is 0 Å². The number of ether oxygens (including phenoxy) is 1. The van der Waals surface area contributed by atoms with Gasteiger partial charge in [-0.1, -0.05) is 12.2 Å². The van der Waals surface area contributed by atoms with Crippen molar-refractivity contribution in [1.29, 1.82) is 0 Å². The van der Waals surface area contributed by atoms with E-state index in [1.807, 2.05) is 0 Å². The highest BCUT2D eigenvalue weighted by Crippen LogP contribution is 2.28. The quantitative estimate of drug-likeness (QED) is 0.648. The molecule has 0 atom stereocenters. The maximum atomic E-state index is 9.51. The van der Waals surface area contributed by atoms with E-state index in [2.05, 4.69) is 13.2 Å². The average molecular weight is 169 g/mol. The second kappa shape index (κ2) is 3.85. The van der Waals surface area contributed by atoms with Gasteiger partial charge in [0.1, 0.15) is 6.73 Å². The predicted molar refractivity (Wildman–Crippen MR) is 46.8 cm³/mol. The monoisotopic (exact) mass is 169 g/mol. The molecule has 0 aromatic heterocycles. The molecular weight excluding hydrogens is 154 g/mol. The maximum absolute atomic E-state index is 9.51. The molecule has 0 aromatic rings. The second-order valence-electron chi connectivity index (χ2n) is 3.09. The molecule has 1 N–H and O–H groups in total. The molecule has 0 bridgehead atoms. The van der Waals surface area contributed by atoms with Crippen molar-refractivity contribution in [3.05, 3.63) is 25.3 Å². The predicted octanol–water partition coefficient (Wildman–Crippen LogP) is 1.56. The SMILES string of the molecule is C=CCC1(CC=C)COCN1O. The van der Waals surface area contributed by atoms with Crippen molar-refractivity contribution in [2.24, 2.45) is 0 Å². The second-order valence-corrected chi connectivity index (χ2v) is 3.09. The third kappa shape index (κ3) is 1.58. The van der Waals surface area contributed by atoms with Crippen molar-refractivity contribution < 1.29 is 9.94 Å². The third-order valence-corrected chi connectivity index (χ3v) is 2.18. The van der Waals surface area contributed by atoms with Crippen molar-refractivity contribution in [3.8, 4) is 0 Å². The van der Waals surface area contributed by atoms with Crippen LogP contribution >= 0.6 is 0 Å². The number of rotatable bonds is 4. The molecule has 1 aliphatic heterocycles. The molecule has 0 spiro atoms. The summed E-state index contributed by atoms with van der Waals surface area (Å²) in [4.78, 5) is 0. The smallest absolute Gasteiger partial charge is 0.122 e. The molecule has 1 heterocycles. The standard InChI is InChI=1S/C9H15NO2/c1-3-5-9(6-4-2)7-12-8-10(9)11/h3-4,11H,1-2,5-8H2. The Labute approximate surface area is 72.9 Å². The first-order valence-electron chi connectivity index (χ1n) is 4.01. The molecule has 0 saturated carbocycles. The van der Waals surface area contributed by atoms with E-state index in [1.165, 1.54) is 5.06 Å². The number of hydrogen-bond donors (Lipinski definition) is 1. The third-order valence-electron chi connectivity index (χ3n) is 2.18. The minimum absolute atomic E-state index is 0.279. The minimum atomic E-state index is -0.316. The summed E-state index contributed by atoms with van der Waals surface area (Å²) in [6.45, 7) is 8.14. The molecule has 0 aromatic carbocycles. The van der Waals surface area contributed by atoms with E-state index in [0.717, 1.165) is 12.8 Å². The molecule has 1 aliphatic rings. The highest BCUT2D eigenvalue weighted by Gasteiger charge is 2.39. The van der Waals surface area contributed by atoms with Crippen LogP contribution in [-0.2, 0) is 4.74 Å². The van der Waals surface area contributed by atoms with E-state index in [1.54, 1.807) is 12.2 Å². The zero-order valence-corrected chi connectivity index (χ0v) is 7.20. The van der Waals surface area contributed by atoms with Gasteiger partial charge < -0.3 is 9.94 Å². The fourth-order valence-corrected chi connectivity index (χ4v) is 1.48. The molecule has 0 amide bonds. The fraction of sp³-hybridized carbons (Fsp3) is 0.556. The van der Waals surface area contributed by atoms with Crippen LogP contribution in [0.25, 0.3) is 0 Å². The van der Waals surface area contributed by atoms with Crippen LogP contribution in [0.3, 0.4) is 0 Å². The van der Waals surface area contributed by atoms with Crippen LogP contribution in [0.4, 0.5) is 0 Å². The Balaban J connectivity index is 2.69. The van der Waals surface area contributed by atoms with Crippen LogP contribution in [0, 0.1) is 0 Å². The van der Waals surface area contributed by atoms with Crippen molar-refractivity contribution in [2.75, 3.05) is 13.3 Å². The van der Waals surface area contributed by atoms with Gasteiger partial charge >= 0.3 is 0 Å². The van der Waals surface area contributed by atoms with Crippen LogP contribution in [0.5, 0.6) is 0 Å². The van der Waals surface area contributed by atoms with Gasteiger partial charge in [0.25, 0.3) is 0 Å². The van der Waals surface area contributed by atoms with Crippen LogP contribution in [0.15, 0.2) is 25.3 Å². The van der Waals surface area contributed by atoms with E-state index >= 15 is 0 Å². The molecule has 0 unspecified atom stereocenters. The van der Waals surface area contributed by atoms with Crippen LogP contribution in [-0.4, -0.2) is 29.1 Å². The molecule has 1 saturated heterocycles. The summed E-state index contributed by atoms with van der Waals surface area (Å²) < 4.78 is 5.16. The summed E-state index contributed by atoms with van der Waals surface area (Å²) in [6.07, 6.45) is 5.02. The molecular formula is C9H15NO2. The van der Waals surface area contributed by atoms with Gasteiger partial charge in [-0.2, -0.15) is 5.06 Å². The van der Waals surface area contributed by atoms with Crippen molar-refractivity contribution in [1.82, 2.24) is 5.06 Å². The average Bonchev–Trinajstić information content (AvgIpc) is 2.35. The van der Waals surface area contributed by atoms with Crippen molar-refractivity contribution in [2.45, 2.75) is 18.4 Å². The molecule has 68 valence electrons. The number of hydroxylamine groups is 2. The topological polar surface area (TPSA) is 32.7 Å². The van der Waals surface area contributed by atoms with Gasteiger partial charge in [-0.15, -0.1) is 13.2 Å². The summed E-state index contributed by atoms with van der Waals surface area (Å²) >= 11 is 0. The summed E-state index contributed by atoms with van der Waals surface area (Å²) in [7, 11) is 0. The molecule has 12 heavy (non-hydrogen) atoms. The Morgan fingerprint density at radius 1 is 1.42 bits per heavy atom. The van der Waals surface area contributed by atoms with E-state index in [0.29, 0.717) is 6.61 Å². The van der Waals surface area contributed by atoms with Gasteiger partial charge in [0.15, 0.2) is 0 Å². The first-order chi connectivity index (χ1) is 5.75. The lowest BCUT2D eigenvalue weighted by Gasteiger charge is -2.29. The molecule has 1 rings (SSSR count). The van der Waals surface area contributed by atoms with E-state index in [4.69, 9.17) is 4.74 Å². The summed E-state index contributed by atoms with van der Waals surface area (Å²) in [5, 5.41) is 10.7. The molecule has 0 radical (unpaired) electrons. The van der Waals surface area contributed by atoms with Gasteiger partial charge in [0.05, 0.1) is 12.1 Å². The van der Waals surface area contributed by atoms with E-state index in [9.17, 15) is 5.21 Å². The zero-order chi connectivity index (χ0) is 9.03. The lowest BCUT2D eigenvalue weighted by Crippen LogP contribution is -2.43. The fourth-order valence-electron chi connectivity index (χ4n) is 1.48. The van der Waals surface area contributed by atoms with Gasteiger partial charge in [-0.25, -0.2) is 0 Å². The number of nitrogens with zero attached hydrogens (tertiary/aromatic N) is 1. The van der Waals surface area contributed by atoms with Gasteiger partial charge in [0.2, 0.25) is 0 Å². The highest BCUT2D eigenvalue weighted by molar-refractivity contribution is 4.99. The summed E-state index contributed by atoms with van der Waals surface area (Å²) in [6, 6.07) is 0. The zero-order valence-electron chi connectivity index (χ0n) is 7.20. The first kappa shape index (κ1) is 9.45. The van der Waals surface area contributed by atoms with Crippen LogP contribution < -0.4 is 0 Å². The molecule has 3 heteroatoms. The summed E-state index contributed by atoms with van der Waals surface area (Å²) in [5.74, 6) is 0.